The fourth-order valence-electron chi connectivity index (χ4n) is 1.68. The van der Waals surface area contributed by atoms with Crippen molar-refractivity contribution in [1.29, 1.82) is 5.26 Å². The number of nitrogens with zero attached hydrogens (tertiary/aromatic N) is 2. The number of benzene rings is 1. The van der Waals surface area contributed by atoms with Crippen LogP contribution in [0.4, 0.5) is 10.2 Å². The van der Waals surface area contributed by atoms with Crippen LogP contribution in [0.3, 0.4) is 0 Å². The van der Waals surface area contributed by atoms with Crippen molar-refractivity contribution < 1.29 is 13.9 Å². The third-order valence-electron chi connectivity index (χ3n) is 2.71. The third-order valence-corrected chi connectivity index (χ3v) is 3.20. The van der Waals surface area contributed by atoms with Gasteiger partial charge in [-0.3, -0.25) is 0 Å². The first-order valence-corrected chi connectivity index (χ1v) is 7.12. The van der Waals surface area contributed by atoms with E-state index in [0.717, 1.165) is 0 Å². The standard InChI is InChI=1S/C15H11BrFN3O2/c16-11-3-4-12(13(17)8-11)15(21)22-7-6-20-14-10(9-18)2-1-5-19-14/h1-5,8H,6-7H2,(H,19,20). The average Bonchev–Trinajstić information content (AvgIpc) is 2.51. The van der Waals surface area contributed by atoms with E-state index in [0.29, 0.717) is 15.9 Å². The van der Waals surface area contributed by atoms with Gasteiger partial charge in [-0.15, -0.1) is 0 Å². The van der Waals surface area contributed by atoms with E-state index < -0.39 is 11.8 Å². The minimum atomic E-state index is -0.742. The molecule has 0 aliphatic carbocycles. The predicted octanol–water partition coefficient (Wildman–Crippen LogP) is 3.12. The van der Waals surface area contributed by atoms with Crippen molar-refractivity contribution >= 4 is 27.7 Å². The smallest absolute Gasteiger partial charge is 0.341 e. The van der Waals surface area contributed by atoms with Crippen molar-refractivity contribution in [3.05, 3.63) is 57.9 Å². The molecule has 0 unspecified atom stereocenters. The molecule has 5 nitrogen and oxygen atoms in total. The summed E-state index contributed by atoms with van der Waals surface area (Å²) < 4.78 is 19.1. The van der Waals surface area contributed by atoms with Gasteiger partial charge in [0.15, 0.2) is 0 Å². The van der Waals surface area contributed by atoms with Gasteiger partial charge >= 0.3 is 5.97 Å². The summed E-state index contributed by atoms with van der Waals surface area (Å²) in [5, 5.41) is 11.8. The summed E-state index contributed by atoms with van der Waals surface area (Å²) in [6.07, 6.45) is 1.55. The molecule has 0 saturated heterocycles. The summed E-state index contributed by atoms with van der Waals surface area (Å²) in [6.45, 7) is 0.283. The summed E-state index contributed by atoms with van der Waals surface area (Å²) in [6, 6.07) is 9.38. The second kappa shape index (κ2) is 7.52. The van der Waals surface area contributed by atoms with E-state index in [-0.39, 0.29) is 18.7 Å². The van der Waals surface area contributed by atoms with E-state index >= 15 is 0 Å². The Balaban J connectivity index is 1.86. The maximum Gasteiger partial charge on any atom is 0.341 e. The minimum Gasteiger partial charge on any atom is -0.460 e. The van der Waals surface area contributed by atoms with Crippen LogP contribution >= 0.6 is 15.9 Å². The fourth-order valence-corrected chi connectivity index (χ4v) is 2.02. The third kappa shape index (κ3) is 4.02. The Hall–Kier alpha value is -2.46. The maximum absolute atomic E-state index is 13.6. The van der Waals surface area contributed by atoms with Crippen LogP contribution < -0.4 is 5.32 Å². The van der Waals surface area contributed by atoms with Gasteiger partial charge in [0.1, 0.15) is 24.3 Å². The molecule has 0 amide bonds. The Morgan fingerprint density at radius 1 is 1.45 bits per heavy atom. The van der Waals surface area contributed by atoms with Gasteiger partial charge in [0.25, 0.3) is 0 Å². The molecule has 0 bridgehead atoms. The summed E-state index contributed by atoms with van der Waals surface area (Å²) in [4.78, 5) is 15.7. The van der Waals surface area contributed by atoms with Gasteiger partial charge in [0, 0.05) is 10.7 Å². The fraction of sp³-hybridized carbons (Fsp3) is 0.133. The molecule has 0 aliphatic heterocycles. The molecule has 0 radical (unpaired) electrons. The van der Waals surface area contributed by atoms with Crippen molar-refractivity contribution in [1.82, 2.24) is 4.98 Å². The maximum atomic E-state index is 13.6. The van der Waals surface area contributed by atoms with Crippen molar-refractivity contribution in [3.8, 4) is 6.07 Å². The number of halogens is 2. The van der Waals surface area contributed by atoms with Crippen LogP contribution in [0.2, 0.25) is 0 Å². The zero-order chi connectivity index (χ0) is 15.9. The Bertz CT molecular complexity index is 731. The topological polar surface area (TPSA) is 75.0 Å². The highest BCUT2D eigenvalue weighted by molar-refractivity contribution is 9.10. The Morgan fingerprint density at radius 3 is 3.00 bits per heavy atom. The number of esters is 1. The van der Waals surface area contributed by atoms with Gasteiger partial charge in [-0.25, -0.2) is 14.2 Å². The molecule has 22 heavy (non-hydrogen) atoms. The normalized spacial score (nSPS) is 9.86. The van der Waals surface area contributed by atoms with Crippen molar-refractivity contribution in [2.75, 3.05) is 18.5 Å². The summed E-state index contributed by atoms with van der Waals surface area (Å²) in [7, 11) is 0. The second-order valence-electron chi connectivity index (χ2n) is 4.20. The molecule has 2 rings (SSSR count). The summed E-state index contributed by atoms with van der Waals surface area (Å²) in [5.41, 5.74) is 0.270. The zero-order valence-electron chi connectivity index (χ0n) is 11.3. The second-order valence-corrected chi connectivity index (χ2v) is 5.11. The highest BCUT2D eigenvalue weighted by Crippen LogP contribution is 2.16. The van der Waals surface area contributed by atoms with Gasteiger partial charge in [-0.05, 0) is 30.3 Å². The molecule has 0 spiro atoms. The van der Waals surface area contributed by atoms with Crippen molar-refractivity contribution in [3.63, 3.8) is 0 Å². The number of rotatable bonds is 5. The number of anilines is 1. The van der Waals surface area contributed by atoms with Crippen LogP contribution in [0.25, 0.3) is 0 Å². The molecule has 2 aromatic rings. The van der Waals surface area contributed by atoms with Gasteiger partial charge in [0.05, 0.1) is 17.7 Å². The number of pyridine rings is 1. The number of carbonyl (C=O) groups is 1. The lowest BCUT2D eigenvalue weighted by Gasteiger charge is -2.08. The van der Waals surface area contributed by atoms with Gasteiger partial charge in [-0.1, -0.05) is 15.9 Å². The molecule has 1 heterocycles. The molecule has 0 atom stereocenters. The van der Waals surface area contributed by atoms with Crippen LogP contribution in [0.15, 0.2) is 41.0 Å². The highest BCUT2D eigenvalue weighted by Gasteiger charge is 2.13. The van der Waals surface area contributed by atoms with E-state index in [1.54, 1.807) is 24.4 Å². The Kier molecular flexibility index (Phi) is 5.44. The zero-order valence-corrected chi connectivity index (χ0v) is 12.9. The van der Waals surface area contributed by atoms with Crippen molar-refractivity contribution in [2.24, 2.45) is 0 Å². The van der Waals surface area contributed by atoms with E-state index in [1.165, 1.54) is 12.1 Å². The molecule has 0 fully saturated rings. The lowest BCUT2D eigenvalue weighted by atomic mass is 10.2. The quantitative estimate of drug-likeness (QED) is 0.652. The SMILES string of the molecule is N#Cc1cccnc1NCCOC(=O)c1ccc(Br)cc1F. The van der Waals surface area contributed by atoms with Gasteiger partial charge in [-0.2, -0.15) is 5.26 Å². The number of aromatic nitrogens is 1. The molecule has 1 aromatic heterocycles. The Labute approximate surface area is 134 Å². The number of nitriles is 1. The summed E-state index contributed by atoms with van der Waals surface area (Å²) in [5.74, 6) is -0.979. The first kappa shape index (κ1) is 15.9. The monoisotopic (exact) mass is 363 g/mol. The van der Waals surface area contributed by atoms with Gasteiger partial charge in [0.2, 0.25) is 0 Å². The van der Waals surface area contributed by atoms with E-state index in [4.69, 9.17) is 10.00 Å². The van der Waals surface area contributed by atoms with Crippen LogP contribution in [-0.2, 0) is 4.74 Å². The minimum absolute atomic E-state index is 0.0236. The molecule has 0 aliphatic rings. The molecule has 0 saturated carbocycles. The molecule has 1 N–H and O–H groups in total. The molecular weight excluding hydrogens is 353 g/mol. The molecular formula is C15H11BrFN3O2. The van der Waals surface area contributed by atoms with E-state index in [9.17, 15) is 9.18 Å². The lowest BCUT2D eigenvalue weighted by Crippen LogP contribution is -2.15. The first-order chi connectivity index (χ1) is 10.6. The number of hydrogen-bond acceptors (Lipinski definition) is 5. The van der Waals surface area contributed by atoms with Crippen molar-refractivity contribution in [2.45, 2.75) is 0 Å². The van der Waals surface area contributed by atoms with Crippen LogP contribution in [0.5, 0.6) is 0 Å². The number of ether oxygens (including phenoxy) is 1. The largest absolute Gasteiger partial charge is 0.460 e. The molecule has 112 valence electrons. The highest BCUT2D eigenvalue weighted by atomic mass is 79.9. The van der Waals surface area contributed by atoms with Crippen LogP contribution in [0.1, 0.15) is 15.9 Å². The number of hydrogen-bond donors (Lipinski definition) is 1. The lowest BCUT2D eigenvalue weighted by molar-refractivity contribution is 0.0515. The van der Waals surface area contributed by atoms with E-state index in [2.05, 4.69) is 26.2 Å². The molecule has 1 aromatic carbocycles. The summed E-state index contributed by atoms with van der Waals surface area (Å²) >= 11 is 3.11. The van der Waals surface area contributed by atoms with E-state index in [1.807, 2.05) is 6.07 Å². The predicted molar refractivity (Wildman–Crippen MR) is 81.8 cm³/mol. The van der Waals surface area contributed by atoms with Crippen LogP contribution in [-0.4, -0.2) is 24.1 Å². The number of carbonyl (C=O) groups excluding carboxylic acids is 1. The first-order valence-electron chi connectivity index (χ1n) is 6.33. The number of nitrogens with one attached hydrogen (secondary N) is 1. The van der Waals surface area contributed by atoms with Crippen LogP contribution in [0, 0.1) is 17.1 Å². The van der Waals surface area contributed by atoms with Gasteiger partial charge < -0.3 is 10.1 Å². The average molecular weight is 364 g/mol. The molecule has 7 heteroatoms. The Morgan fingerprint density at radius 2 is 2.27 bits per heavy atom.